The SMILES string of the molecule is C[C@H](O)N(C)C/C=C/C(=O)Nc1cc2c(Nc3ccc(OCc4ccccn4)c(Cl)c3)c(C#N)cnc2cc1O[C@H]1CCOC1. The molecular formula is C33H33ClN6O5. The number of carbonyl (C=O) groups is 1. The van der Waals surface area contributed by atoms with Crippen LogP contribution in [0, 0.1) is 11.3 Å². The maximum atomic E-state index is 12.9. The number of ether oxygens (including phenoxy) is 3. The maximum Gasteiger partial charge on any atom is 0.248 e. The van der Waals surface area contributed by atoms with Gasteiger partial charge in [0.05, 0.1) is 46.4 Å². The second kappa shape index (κ2) is 14.8. The number of amides is 1. The van der Waals surface area contributed by atoms with Crippen LogP contribution >= 0.6 is 11.6 Å². The number of halogens is 1. The molecule has 2 aromatic carbocycles. The number of nitriles is 1. The molecule has 45 heavy (non-hydrogen) atoms. The molecule has 0 spiro atoms. The number of hydrogen-bond acceptors (Lipinski definition) is 10. The summed E-state index contributed by atoms with van der Waals surface area (Å²) in [6.45, 7) is 3.32. The number of aliphatic hydroxyl groups excluding tert-OH is 1. The normalized spacial score (nSPS) is 15.2. The Kier molecular flexibility index (Phi) is 10.4. The van der Waals surface area contributed by atoms with Gasteiger partial charge in [-0.05, 0) is 50.4 Å². The molecule has 1 aliphatic rings. The minimum absolute atomic E-state index is 0.176. The Hall–Kier alpha value is -4.73. The highest BCUT2D eigenvalue weighted by molar-refractivity contribution is 6.32. The molecule has 1 fully saturated rings. The van der Waals surface area contributed by atoms with Crippen molar-refractivity contribution in [2.45, 2.75) is 32.3 Å². The number of pyridine rings is 2. The zero-order valence-corrected chi connectivity index (χ0v) is 25.6. The largest absolute Gasteiger partial charge is 0.486 e. The Balaban J connectivity index is 1.44. The summed E-state index contributed by atoms with van der Waals surface area (Å²) in [5, 5.41) is 26.8. The third kappa shape index (κ3) is 8.26. The summed E-state index contributed by atoms with van der Waals surface area (Å²) in [4.78, 5) is 23.4. The monoisotopic (exact) mass is 628 g/mol. The molecule has 11 nitrogen and oxygen atoms in total. The minimum atomic E-state index is -0.648. The van der Waals surface area contributed by atoms with Gasteiger partial charge < -0.3 is 30.0 Å². The van der Waals surface area contributed by atoms with Crippen LogP contribution in [0.2, 0.25) is 5.02 Å². The number of benzene rings is 2. The van der Waals surface area contributed by atoms with E-state index in [0.717, 1.165) is 5.69 Å². The molecule has 4 aromatic rings. The fourth-order valence-electron chi connectivity index (χ4n) is 4.55. The number of fused-ring (bicyclic) bond motifs is 1. The number of nitrogens with zero attached hydrogens (tertiary/aromatic N) is 4. The van der Waals surface area contributed by atoms with Crippen molar-refractivity contribution in [2.24, 2.45) is 0 Å². The van der Waals surface area contributed by atoms with Crippen LogP contribution in [-0.4, -0.2) is 65.0 Å². The maximum absolute atomic E-state index is 12.9. The van der Waals surface area contributed by atoms with Gasteiger partial charge in [-0.25, -0.2) is 0 Å². The average Bonchev–Trinajstić information content (AvgIpc) is 3.55. The fraction of sp³-hybridized carbons (Fsp3) is 0.273. The van der Waals surface area contributed by atoms with Crippen LogP contribution in [0.5, 0.6) is 11.5 Å². The van der Waals surface area contributed by atoms with Crippen LogP contribution in [-0.2, 0) is 16.1 Å². The lowest BCUT2D eigenvalue weighted by Gasteiger charge is -2.19. The van der Waals surface area contributed by atoms with Crippen molar-refractivity contribution in [1.82, 2.24) is 14.9 Å². The van der Waals surface area contributed by atoms with Crippen molar-refractivity contribution >= 4 is 45.5 Å². The zero-order chi connectivity index (χ0) is 31.8. The lowest BCUT2D eigenvalue weighted by atomic mass is 10.1. The smallest absolute Gasteiger partial charge is 0.248 e. The molecule has 1 amide bonds. The summed E-state index contributed by atoms with van der Waals surface area (Å²) >= 11 is 6.56. The van der Waals surface area contributed by atoms with Crippen LogP contribution in [0.4, 0.5) is 17.1 Å². The molecule has 0 saturated carbocycles. The molecule has 232 valence electrons. The van der Waals surface area contributed by atoms with E-state index in [0.29, 0.717) is 76.2 Å². The molecule has 1 aliphatic heterocycles. The number of anilines is 3. The predicted molar refractivity (Wildman–Crippen MR) is 172 cm³/mol. The second-order valence-corrected chi connectivity index (χ2v) is 10.9. The molecule has 2 atom stereocenters. The van der Waals surface area contributed by atoms with Crippen molar-refractivity contribution < 1.29 is 24.1 Å². The molecule has 1 saturated heterocycles. The minimum Gasteiger partial charge on any atom is -0.486 e. The molecule has 5 rings (SSSR count). The summed E-state index contributed by atoms with van der Waals surface area (Å²) in [7, 11) is 1.75. The van der Waals surface area contributed by atoms with Crippen LogP contribution in [0.25, 0.3) is 10.9 Å². The summed E-state index contributed by atoms with van der Waals surface area (Å²) in [5.74, 6) is 0.539. The average molecular weight is 629 g/mol. The van der Waals surface area contributed by atoms with Gasteiger partial charge >= 0.3 is 0 Å². The third-order valence-electron chi connectivity index (χ3n) is 7.13. The number of rotatable bonds is 12. The number of likely N-dealkylation sites (N-methyl/N-ethyl adjacent to an activating group) is 1. The van der Waals surface area contributed by atoms with Gasteiger partial charge in [0.25, 0.3) is 0 Å². The first-order valence-corrected chi connectivity index (χ1v) is 14.7. The number of hydrogen-bond donors (Lipinski definition) is 3. The van der Waals surface area contributed by atoms with Crippen molar-refractivity contribution in [3.63, 3.8) is 0 Å². The van der Waals surface area contributed by atoms with Gasteiger partial charge in [-0.3, -0.25) is 19.7 Å². The first-order valence-electron chi connectivity index (χ1n) is 14.4. The number of aromatic nitrogens is 2. The number of carbonyl (C=O) groups excluding carboxylic acids is 1. The van der Waals surface area contributed by atoms with Crippen molar-refractivity contribution in [3.05, 3.63) is 89.4 Å². The van der Waals surface area contributed by atoms with E-state index >= 15 is 0 Å². The van der Waals surface area contributed by atoms with Crippen LogP contribution < -0.4 is 20.1 Å². The van der Waals surface area contributed by atoms with E-state index in [1.54, 1.807) is 61.5 Å². The highest BCUT2D eigenvalue weighted by Gasteiger charge is 2.21. The molecule has 0 radical (unpaired) electrons. The van der Waals surface area contributed by atoms with Gasteiger partial charge in [-0.2, -0.15) is 5.26 Å². The fourth-order valence-corrected chi connectivity index (χ4v) is 4.78. The van der Waals surface area contributed by atoms with E-state index in [4.69, 9.17) is 25.8 Å². The highest BCUT2D eigenvalue weighted by Crippen LogP contribution is 2.38. The summed E-state index contributed by atoms with van der Waals surface area (Å²) in [6, 6.07) is 16.5. The van der Waals surface area contributed by atoms with Gasteiger partial charge in [0.2, 0.25) is 5.91 Å². The molecule has 0 bridgehead atoms. The van der Waals surface area contributed by atoms with Crippen molar-refractivity contribution in [2.75, 3.05) is 37.4 Å². The Labute approximate surface area is 266 Å². The Morgan fingerprint density at radius 1 is 1.27 bits per heavy atom. The van der Waals surface area contributed by atoms with Crippen molar-refractivity contribution in [1.29, 1.82) is 5.26 Å². The Bertz CT molecular complexity index is 1720. The van der Waals surface area contributed by atoms with Gasteiger partial charge in [0, 0.05) is 48.6 Å². The standard InChI is InChI=1S/C33H33ClN6O5/c1-21(41)40(2)12-5-7-32(42)39-29-15-26-28(16-31(29)45-25-10-13-43-20-25)37-18-22(17-35)33(26)38-23-8-9-30(27(34)14-23)44-19-24-6-3-4-11-36-24/h3-9,11,14-16,18,21,25,41H,10,12-13,19-20H2,1-2H3,(H,37,38)(H,39,42)/b7-5+/t21-,25-/m0/s1. The number of nitrogens with one attached hydrogen (secondary N) is 2. The first kappa shape index (κ1) is 31.7. The summed E-state index contributed by atoms with van der Waals surface area (Å²) in [5.41, 5.74) is 3.13. The second-order valence-electron chi connectivity index (χ2n) is 10.5. The summed E-state index contributed by atoms with van der Waals surface area (Å²) < 4.78 is 17.5. The molecule has 0 unspecified atom stereocenters. The summed E-state index contributed by atoms with van der Waals surface area (Å²) in [6.07, 6.45) is 6.13. The lowest BCUT2D eigenvalue weighted by Crippen LogP contribution is -2.28. The zero-order valence-electron chi connectivity index (χ0n) is 24.9. The van der Waals surface area contributed by atoms with Gasteiger partial charge in [-0.15, -0.1) is 0 Å². The van der Waals surface area contributed by atoms with Crippen LogP contribution in [0.15, 0.2) is 73.1 Å². The van der Waals surface area contributed by atoms with Crippen molar-refractivity contribution in [3.8, 4) is 17.6 Å². The van der Waals surface area contributed by atoms with Crippen LogP contribution in [0.3, 0.4) is 0 Å². The molecule has 12 heteroatoms. The topological polar surface area (TPSA) is 142 Å². The molecule has 0 aliphatic carbocycles. The third-order valence-corrected chi connectivity index (χ3v) is 7.43. The van der Waals surface area contributed by atoms with E-state index in [9.17, 15) is 15.2 Å². The molecule has 3 heterocycles. The van der Waals surface area contributed by atoms with E-state index in [-0.39, 0.29) is 18.6 Å². The highest BCUT2D eigenvalue weighted by atomic mass is 35.5. The Morgan fingerprint density at radius 2 is 2.13 bits per heavy atom. The van der Waals surface area contributed by atoms with E-state index in [1.807, 2.05) is 18.2 Å². The predicted octanol–water partition coefficient (Wildman–Crippen LogP) is 5.41. The quantitative estimate of drug-likeness (QED) is 0.138. The van der Waals surface area contributed by atoms with Gasteiger partial charge in [-0.1, -0.05) is 23.7 Å². The number of aliphatic hydroxyl groups is 1. The van der Waals surface area contributed by atoms with E-state index in [1.165, 1.54) is 12.3 Å². The lowest BCUT2D eigenvalue weighted by molar-refractivity contribution is -0.112. The van der Waals surface area contributed by atoms with E-state index in [2.05, 4.69) is 26.7 Å². The molecular weight excluding hydrogens is 596 g/mol. The Morgan fingerprint density at radius 3 is 2.84 bits per heavy atom. The van der Waals surface area contributed by atoms with E-state index < -0.39 is 6.23 Å². The van der Waals surface area contributed by atoms with Gasteiger partial charge in [0.15, 0.2) is 0 Å². The molecule has 3 N–H and O–H groups in total. The first-order chi connectivity index (χ1) is 21.8. The molecule has 2 aromatic heterocycles. The van der Waals surface area contributed by atoms with Gasteiger partial charge in [0.1, 0.15) is 36.5 Å². The van der Waals surface area contributed by atoms with Crippen LogP contribution in [0.1, 0.15) is 24.6 Å².